The zero-order valence-electron chi connectivity index (χ0n) is 5.65. The molecule has 0 aromatic carbocycles. The highest BCUT2D eigenvalue weighted by molar-refractivity contribution is 5.51. The summed E-state index contributed by atoms with van der Waals surface area (Å²) in [7, 11) is 0. The third-order valence-corrected chi connectivity index (χ3v) is 1.42. The second-order valence-electron chi connectivity index (χ2n) is 2.13. The molecule has 0 saturated carbocycles. The van der Waals surface area contributed by atoms with Crippen LogP contribution in [-0.4, -0.2) is 4.98 Å². The molecular formula is C8H5NO2. The van der Waals surface area contributed by atoms with Gasteiger partial charge in [0.15, 0.2) is 11.5 Å². The average molecular weight is 147 g/mol. The van der Waals surface area contributed by atoms with Gasteiger partial charge in [0.05, 0.1) is 6.20 Å². The fourth-order valence-corrected chi connectivity index (χ4v) is 0.933. The minimum Gasteiger partial charge on any atom is -0.461 e. The number of aromatic nitrogens is 1. The third-order valence-electron chi connectivity index (χ3n) is 1.42. The topological polar surface area (TPSA) is 43.1 Å². The van der Waals surface area contributed by atoms with Crippen molar-refractivity contribution in [2.24, 2.45) is 0 Å². The lowest BCUT2D eigenvalue weighted by Gasteiger charge is -1.97. The normalized spacial score (nSPS) is 10.2. The molecule has 0 N–H and O–H groups in total. The lowest BCUT2D eigenvalue weighted by molar-refractivity contribution is 0.556. The molecular weight excluding hydrogens is 142 g/mol. The summed E-state index contributed by atoms with van der Waals surface area (Å²) < 4.78 is 5.03. The number of fused-ring (bicyclic) bond motifs is 1. The van der Waals surface area contributed by atoms with Gasteiger partial charge in [0.2, 0.25) is 5.43 Å². The molecule has 0 bridgehead atoms. The van der Waals surface area contributed by atoms with Gasteiger partial charge in [-0.15, -0.1) is 0 Å². The molecule has 0 radical (unpaired) electrons. The van der Waals surface area contributed by atoms with Gasteiger partial charge >= 0.3 is 0 Å². The van der Waals surface area contributed by atoms with E-state index < -0.39 is 0 Å². The maximum absolute atomic E-state index is 11.1. The Morgan fingerprint density at radius 2 is 2.27 bits per heavy atom. The van der Waals surface area contributed by atoms with Crippen molar-refractivity contribution in [1.29, 1.82) is 0 Å². The molecule has 0 atom stereocenters. The molecule has 54 valence electrons. The molecule has 2 aliphatic rings. The van der Waals surface area contributed by atoms with E-state index in [0.717, 1.165) is 0 Å². The number of hydrogen-bond donors (Lipinski definition) is 0. The number of nitrogens with zero attached hydrogens (tertiary/aromatic N) is 1. The van der Waals surface area contributed by atoms with Crippen LogP contribution in [0.5, 0.6) is 0 Å². The van der Waals surface area contributed by atoms with Crippen LogP contribution in [0, 0.1) is 0 Å². The largest absolute Gasteiger partial charge is 0.461 e. The summed E-state index contributed by atoms with van der Waals surface area (Å²) in [5, 5.41) is 0. The van der Waals surface area contributed by atoms with E-state index in [1.54, 1.807) is 12.1 Å². The summed E-state index contributed by atoms with van der Waals surface area (Å²) in [5.41, 5.74) is 0.279. The van der Waals surface area contributed by atoms with E-state index in [9.17, 15) is 4.79 Å². The van der Waals surface area contributed by atoms with Crippen LogP contribution in [0.2, 0.25) is 0 Å². The highest BCUT2D eigenvalue weighted by Gasteiger charge is 2.05. The van der Waals surface area contributed by atoms with E-state index in [0.29, 0.717) is 11.5 Å². The van der Waals surface area contributed by atoms with Crippen molar-refractivity contribution in [3.63, 3.8) is 0 Å². The predicted octanol–water partition coefficient (Wildman–Crippen LogP) is 1.14. The highest BCUT2D eigenvalue weighted by atomic mass is 16.3. The van der Waals surface area contributed by atoms with Gasteiger partial charge in [-0.25, -0.2) is 4.98 Å². The van der Waals surface area contributed by atoms with Crippen molar-refractivity contribution in [1.82, 2.24) is 4.98 Å². The van der Waals surface area contributed by atoms with Gasteiger partial charge in [-0.1, -0.05) is 6.07 Å². The first-order valence-corrected chi connectivity index (χ1v) is 3.20. The number of benzene rings is 1. The molecule has 2 rings (SSSR count). The monoisotopic (exact) mass is 147 g/mol. The molecule has 0 aromatic heterocycles. The minimum absolute atomic E-state index is 0.105. The molecule has 0 fully saturated rings. The van der Waals surface area contributed by atoms with E-state index in [1.165, 1.54) is 18.5 Å². The molecule has 0 amide bonds. The smallest absolute Gasteiger partial charge is 0.208 e. The van der Waals surface area contributed by atoms with Crippen LogP contribution in [0.1, 0.15) is 0 Å². The summed E-state index contributed by atoms with van der Waals surface area (Å²) >= 11 is 0. The number of para-hydroxylation sites is 1. The van der Waals surface area contributed by atoms with Crippen LogP contribution < -0.4 is 5.43 Å². The van der Waals surface area contributed by atoms with Crippen molar-refractivity contribution in [2.75, 3.05) is 0 Å². The zero-order chi connectivity index (χ0) is 7.68. The van der Waals surface area contributed by atoms with Gasteiger partial charge in [-0.2, -0.15) is 0 Å². The van der Waals surface area contributed by atoms with Crippen molar-refractivity contribution in [2.45, 2.75) is 0 Å². The molecule has 0 spiro atoms. The van der Waals surface area contributed by atoms with Crippen LogP contribution in [0.15, 0.2) is 39.9 Å². The van der Waals surface area contributed by atoms with E-state index in [2.05, 4.69) is 4.98 Å². The zero-order valence-corrected chi connectivity index (χ0v) is 5.65. The first-order valence-electron chi connectivity index (χ1n) is 3.20. The Hall–Kier alpha value is -1.64. The van der Waals surface area contributed by atoms with Crippen LogP contribution in [-0.2, 0) is 0 Å². The van der Waals surface area contributed by atoms with E-state index in [4.69, 9.17) is 4.42 Å². The molecule has 3 nitrogen and oxygen atoms in total. The minimum atomic E-state index is -0.105. The number of hydrogen-bond acceptors (Lipinski definition) is 3. The Morgan fingerprint density at radius 3 is 3.09 bits per heavy atom. The van der Waals surface area contributed by atoms with Crippen molar-refractivity contribution in [3.8, 4) is 11.5 Å². The Bertz CT molecular complexity index is 394. The molecule has 0 aromatic rings. The van der Waals surface area contributed by atoms with E-state index in [1.807, 2.05) is 0 Å². The predicted molar refractivity (Wildman–Crippen MR) is 39.4 cm³/mol. The van der Waals surface area contributed by atoms with Gasteiger partial charge in [0, 0.05) is 0 Å². The van der Waals surface area contributed by atoms with Gasteiger partial charge in [0.1, 0.15) is 6.26 Å². The molecule has 1 aliphatic heterocycles. The third kappa shape index (κ3) is 0.902. The van der Waals surface area contributed by atoms with Gasteiger partial charge in [-0.3, -0.25) is 4.79 Å². The van der Waals surface area contributed by atoms with Gasteiger partial charge in [0.25, 0.3) is 0 Å². The van der Waals surface area contributed by atoms with Crippen molar-refractivity contribution in [3.05, 3.63) is 40.9 Å². The first kappa shape index (κ1) is 6.09. The standard InChI is InChI=1S/C8H5NO2/c10-6-2-1-3-7-8(6)9-4-5-11-7/h1-5H. The fraction of sp³-hybridized carbons (Fsp3) is 0. The summed E-state index contributed by atoms with van der Waals surface area (Å²) in [5.74, 6) is 0.528. The second kappa shape index (κ2) is 2.20. The Balaban J connectivity index is 2.90. The molecule has 0 saturated heterocycles. The lowest BCUT2D eigenvalue weighted by Crippen LogP contribution is -2.04. The molecule has 0 unspecified atom stereocenters. The van der Waals surface area contributed by atoms with Crippen molar-refractivity contribution >= 4 is 0 Å². The summed E-state index contributed by atoms with van der Waals surface area (Å²) in [4.78, 5) is 14.9. The SMILES string of the molecule is O=c1cccc2occnc1-2. The first-order chi connectivity index (χ1) is 5.38. The van der Waals surface area contributed by atoms with Gasteiger partial charge < -0.3 is 4.42 Å². The molecule has 11 heavy (non-hydrogen) atoms. The fourth-order valence-electron chi connectivity index (χ4n) is 0.933. The molecule has 1 aliphatic carbocycles. The van der Waals surface area contributed by atoms with E-state index >= 15 is 0 Å². The van der Waals surface area contributed by atoms with Crippen LogP contribution in [0.4, 0.5) is 0 Å². The second-order valence-corrected chi connectivity index (χ2v) is 2.13. The number of rotatable bonds is 0. The molecule has 1 heterocycles. The summed E-state index contributed by atoms with van der Waals surface area (Å²) in [6.45, 7) is 0. The molecule has 3 heteroatoms. The Kier molecular flexibility index (Phi) is 1.22. The van der Waals surface area contributed by atoms with E-state index in [-0.39, 0.29) is 5.43 Å². The summed E-state index contributed by atoms with van der Waals surface area (Å²) in [6, 6.07) is 4.82. The van der Waals surface area contributed by atoms with Crippen molar-refractivity contribution < 1.29 is 4.42 Å². The Labute approximate surface area is 62.7 Å². The maximum Gasteiger partial charge on any atom is 0.208 e. The van der Waals surface area contributed by atoms with Crippen LogP contribution >= 0.6 is 0 Å². The quantitative estimate of drug-likeness (QED) is 0.561. The average Bonchev–Trinajstić information content (AvgIpc) is 2.06. The highest BCUT2D eigenvalue weighted by Crippen LogP contribution is 2.11. The van der Waals surface area contributed by atoms with Crippen LogP contribution in [0.25, 0.3) is 11.5 Å². The summed E-state index contributed by atoms with van der Waals surface area (Å²) in [6.07, 6.45) is 2.91. The van der Waals surface area contributed by atoms with Crippen LogP contribution in [0.3, 0.4) is 0 Å². The van der Waals surface area contributed by atoms with Gasteiger partial charge in [-0.05, 0) is 12.1 Å². The Morgan fingerprint density at radius 1 is 1.36 bits per heavy atom. The maximum atomic E-state index is 11.1. The lowest BCUT2D eigenvalue weighted by atomic mass is 10.2.